The first-order chi connectivity index (χ1) is 18.2. The summed E-state index contributed by atoms with van der Waals surface area (Å²) in [6, 6.07) is 13.8. The lowest BCUT2D eigenvalue weighted by Gasteiger charge is -2.45. The van der Waals surface area contributed by atoms with Gasteiger partial charge < -0.3 is 31.6 Å². The van der Waals surface area contributed by atoms with Crippen LogP contribution in [-0.4, -0.2) is 70.3 Å². The summed E-state index contributed by atoms with van der Waals surface area (Å²) < 4.78 is 0. The van der Waals surface area contributed by atoms with Gasteiger partial charge in [0.25, 0.3) is 0 Å². The van der Waals surface area contributed by atoms with Crippen LogP contribution in [0.15, 0.2) is 54.7 Å². The third kappa shape index (κ3) is 6.46. The van der Waals surface area contributed by atoms with Crippen LogP contribution in [0, 0.1) is 5.41 Å². The van der Waals surface area contributed by atoms with Crippen LogP contribution >= 0.6 is 11.6 Å². The highest BCUT2D eigenvalue weighted by Gasteiger charge is 2.41. The van der Waals surface area contributed by atoms with Gasteiger partial charge in [-0.05, 0) is 61.9 Å². The van der Waals surface area contributed by atoms with E-state index in [1.165, 1.54) is 0 Å². The lowest BCUT2D eigenvalue weighted by molar-refractivity contribution is -0.155. The number of nitrogens with zero attached hydrogens (tertiary/aromatic N) is 2. The second-order valence-corrected chi connectivity index (χ2v) is 10.4. The third-order valence-corrected chi connectivity index (χ3v) is 7.43. The number of aromatic nitrogens is 1. The number of halogens is 1. The molecule has 202 valence electrons. The minimum atomic E-state index is -0.771. The van der Waals surface area contributed by atoms with E-state index in [0.29, 0.717) is 50.3 Å². The number of para-hydroxylation sites is 1. The summed E-state index contributed by atoms with van der Waals surface area (Å²) in [4.78, 5) is 34.2. The van der Waals surface area contributed by atoms with E-state index >= 15 is 0 Å². The average molecular weight is 538 g/mol. The molecule has 0 radical (unpaired) electrons. The highest BCUT2D eigenvalue weighted by molar-refractivity contribution is 6.30. The number of carbonyl (C=O) groups is 2. The Bertz CT molecular complexity index is 1280. The van der Waals surface area contributed by atoms with Crippen molar-refractivity contribution in [2.24, 2.45) is 11.5 Å². The minimum Gasteiger partial charge on any atom is -0.370 e. The van der Waals surface area contributed by atoms with E-state index in [4.69, 9.17) is 28.5 Å². The molecule has 1 aliphatic rings. The molecule has 9 nitrogen and oxygen atoms in total. The summed E-state index contributed by atoms with van der Waals surface area (Å²) in [5, 5.41) is 11.9. The lowest BCUT2D eigenvalue weighted by atomic mass is 9.98. The van der Waals surface area contributed by atoms with Crippen molar-refractivity contribution in [2.45, 2.75) is 50.7 Å². The molecule has 1 fully saturated rings. The molecular weight excluding hydrogens is 502 g/mol. The molecule has 0 spiro atoms. The number of carbonyl (C=O) groups excluding carboxylic acids is 2. The summed E-state index contributed by atoms with van der Waals surface area (Å²) >= 11 is 5.99. The maximum Gasteiger partial charge on any atom is 0.245 e. The minimum absolute atomic E-state index is 0.0709. The molecule has 2 aromatic carbocycles. The number of amides is 2. The highest BCUT2D eigenvalue weighted by atomic mass is 35.5. The van der Waals surface area contributed by atoms with E-state index in [0.717, 1.165) is 22.0 Å². The molecule has 3 atom stereocenters. The molecule has 0 aliphatic carbocycles. The fourth-order valence-corrected chi connectivity index (χ4v) is 5.30. The van der Waals surface area contributed by atoms with E-state index < -0.39 is 12.1 Å². The Balaban J connectivity index is 1.48. The molecule has 2 heterocycles. The largest absolute Gasteiger partial charge is 0.370 e. The lowest BCUT2D eigenvalue weighted by Crippen LogP contribution is -2.64. The molecule has 2 amide bonds. The fourth-order valence-electron chi connectivity index (χ4n) is 5.18. The van der Waals surface area contributed by atoms with Gasteiger partial charge in [-0.3, -0.25) is 15.0 Å². The molecule has 38 heavy (non-hydrogen) atoms. The number of nitrogens with one attached hydrogen (secondary N) is 3. The van der Waals surface area contributed by atoms with Crippen LogP contribution in [0.5, 0.6) is 0 Å². The first-order valence-electron chi connectivity index (χ1n) is 13.0. The number of guanidine groups is 1. The first kappa shape index (κ1) is 27.5. The Morgan fingerprint density at radius 3 is 2.71 bits per heavy atom. The molecule has 10 heteroatoms. The molecule has 7 N–H and O–H groups in total. The average Bonchev–Trinajstić information content (AvgIpc) is 3.31. The van der Waals surface area contributed by atoms with Crippen molar-refractivity contribution in [1.82, 2.24) is 20.1 Å². The highest BCUT2D eigenvalue weighted by Crippen LogP contribution is 2.24. The summed E-state index contributed by atoms with van der Waals surface area (Å²) in [6.45, 7) is 3.40. The number of aromatic amines is 1. The maximum absolute atomic E-state index is 13.8. The Kier molecular flexibility index (Phi) is 8.91. The number of hydrogen-bond donors (Lipinski definition) is 5. The van der Waals surface area contributed by atoms with Gasteiger partial charge in [0, 0.05) is 47.8 Å². The van der Waals surface area contributed by atoms with E-state index in [2.05, 4.69) is 16.4 Å². The SMILES string of the molecule is C[C@@H]1CN(C(=O)[C@H](N)Cc2ccc(Cl)cc2)[C@@H](CCCNC(=N)N)C(=O)N1CCc1c[nH]c2ccccc12. The number of fused-ring (bicyclic) bond motifs is 1. The van der Waals surface area contributed by atoms with Crippen LogP contribution < -0.4 is 16.8 Å². The van der Waals surface area contributed by atoms with Crippen LogP contribution in [0.25, 0.3) is 10.9 Å². The van der Waals surface area contributed by atoms with Crippen LogP contribution in [0.1, 0.15) is 30.9 Å². The number of nitrogens with two attached hydrogens (primary N) is 2. The number of rotatable bonds is 10. The quantitative estimate of drug-likeness (QED) is 0.153. The van der Waals surface area contributed by atoms with E-state index in [1.807, 2.05) is 48.4 Å². The molecule has 1 aromatic heterocycles. The van der Waals surface area contributed by atoms with Crippen molar-refractivity contribution in [3.8, 4) is 0 Å². The molecule has 1 saturated heterocycles. The molecule has 0 bridgehead atoms. The Morgan fingerprint density at radius 1 is 1.24 bits per heavy atom. The Morgan fingerprint density at radius 2 is 1.97 bits per heavy atom. The molecule has 0 unspecified atom stereocenters. The van der Waals surface area contributed by atoms with Gasteiger partial charge in [0.15, 0.2) is 5.96 Å². The third-order valence-electron chi connectivity index (χ3n) is 7.17. The first-order valence-corrected chi connectivity index (χ1v) is 13.4. The molecule has 0 saturated carbocycles. The zero-order valence-electron chi connectivity index (χ0n) is 21.6. The summed E-state index contributed by atoms with van der Waals surface area (Å²) in [5.74, 6) is -0.425. The second-order valence-electron chi connectivity index (χ2n) is 9.92. The Labute approximate surface area is 228 Å². The molecule has 4 rings (SSSR count). The van der Waals surface area contributed by atoms with Gasteiger partial charge in [-0.25, -0.2) is 0 Å². The number of hydrogen-bond acceptors (Lipinski definition) is 4. The van der Waals surface area contributed by atoms with Crippen molar-refractivity contribution < 1.29 is 9.59 Å². The second kappa shape index (κ2) is 12.3. The summed E-state index contributed by atoms with van der Waals surface area (Å²) in [7, 11) is 0. The molecular formula is C28H36ClN7O2. The molecule has 3 aromatic rings. The van der Waals surface area contributed by atoms with Gasteiger partial charge in [0.05, 0.1) is 6.04 Å². The normalized spacial score (nSPS) is 18.6. The van der Waals surface area contributed by atoms with E-state index in [9.17, 15) is 9.59 Å². The maximum atomic E-state index is 13.8. The van der Waals surface area contributed by atoms with E-state index in [1.54, 1.807) is 17.0 Å². The van der Waals surface area contributed by atoms with Crippen LogP contribution in [0.3, 0.4) is 0 Å². The van der Waals surface area contributed by atoms with Crippen molar-refractivity contribution in [1.29, 1.82) is 5.41 Å². The van der Waals surface area contributed by atoms with Crippen LogP contribution in [-0.2, 0) is 22.4 Å². The van der Waals surface area contributed by atoms with Gasteiger partial charge >= 0.3 is 0 Å². The van der Waals surface area contributed by atoms with Crippen molar-refractivity contribution >= 4 is 40.3 Å². The van der Waals surface area contributed by atoms with Gasteiger partial charge in [-0.1, -0.05) is 41.9 Å². The van der Waals surface area contributed by atoms with Gasteiger partial charge in [0.2, 0.25) is 11.8 Å². The van der Waals surface area contributed by atoms with Gasteiger partial charge in [-0.2, -0.15) is 0 Å². The van der Waals surface area contributed by atoms with Gasteiger partial charge in [0.1, 0.15) is 6.04 Å². The number of H-pyrrole nitrogens is 1. The van der Waals surface area contributed by atoms with Crippen molar-refractivity contribution in [2.75, 3.05) is 19.6 Å². The smallest absolute Gasteiger partial charge is 0.245 e. The standard InChI is InChI=1S/C28H36ClN7O2/c1-18-17-36(26(37)23(30)15-19-8-10-21(29)11-9-19)25(7-4-13-33-28(31)32)27(38)35(18)14-12-20-16-34-24-6-3-2-5-22(20)24/h2-3,5-6,8-11,16,18,23,25,34H,4,7,12-15,17,30H2,1H3,(H4,31,32,33)/t18-,23-,25+/m1/s1. The number of benzene rings is 2. The predicted octanol–water partition coefficient (Wildman–Crippen LogP) is 2.62. The van der Waals surface area contributed by atoms with Crippen molar-refractivity contribution in [3.05, 3.63) is 70.9 Å². The zero-order chi connectivity index (χ0) is 27.2. The summed E-state index contributed by atoms with van der Waals surface area (Å²) in [6.07, 6.45) is 4.10. The Hall–Kier alpha value is -3.56. The van der Waals surface area contributed by atoms with Gasteiger partial charge in [-0.15, -0.1) is 0 Å². The van der Waals surface area contributed by atoms with Crippen LogP contribution in [0.2, 0.25) is 5.02 Å². The fraction of sp³-hybridized carbons (Fsp3) is 0.393. The summed E-state index contributed by atoms with van der Waals surface area (Å²) in [5.41, 5.74) is 14.9. The van der Waals surface area contributed by atoms with Crippen molar-refractivity contribution in [3.63, 3.8) is 0 Å². The van der Waals surface area contributed by atoms with Crippen LogP contribution in [0.4, 0.5) is 0 Å². The van der Waals surface area contributed by atoms with E-state index in [-0.39, 0.29) is 23.8 Å². The topological polar surface area (TPSA) is 144 Å². The number of piperazine rings is 1. The monoisotopic (exact) mass is 537 g/mol. The molecule has 1 aliphatic heterocycles. The zero-order valence-corrected chi connectivity index (χ0v) is 22.4. The predicted molar refractivity (Wildman–Crippen MR) is 151 cm³/mol.